The third kappa shape index (κ3) is 33.8. The van der Waals surface area contributed by atoms with E-state index < -0.39 is 11.9 Å². The second-order valence-corrected chi connectivity index (χ2v) is 13.8. The van der Waals surface area contributed by atoms with Gasteiger partial charge in [-0.3, -0.25) is 9.59 Å². The molecule has 3 nitrogen and oxygen atoms in total. The highest BCUT2D eigenvalue weighted by Crippen LogP contribution is 2.18. The molecule has 0 aromatic carbocycles. The summed E-state index contributed by atoms with van der Waals surface area (Å²) in [4.78, 5) is 24.3. The van der Waals surface area contributed by atoms with E-state index in [4.69, 9.17) is 0 Å². The number of rotatable bonds is 37. The van der Waals surface area contributed by atoms with Crippen LogP contribution in [0.4, 0.5) is 0 Å². The van der Waals surface area contributed by atoms with Crippen molar-refractivity contribution >= 4 is 11.8 Å². The molecule has 1 N–H and O–H groups in total. The van der Waals surface area contributed by atoms with Crippen LogP contribution in [0, 0.1) is 5.92 Å². The molecule has 0 saturated heterocycles. The molecule has 0 amide bonds. The second kappa shape index (κ2) is 37.1. The van der Waals surface area contributed by atoms with Gasteiger partial charge in [-0.2, -0.15) is 0 Å². The van der Waals surface area contributed by atoms with E-state index in [1.54, 1.807) is 0 Å². The zero-order valence-corrected chi connectivity index (χ0v) is 30.5. The molecular formula is C42H78O3. The highest BCUT2D eigenvalue weighted by Gasteiger charge is 2.24. The zero-order valence-electron chi connectivity index (χ0n) is 30.5. The predicted molar refractivity (Wildman–Crippen MR) is 198 cm³/mol. The van der Waals surface area contributed by atoms with E-state index in [1.165, 1.54) is 161 Å². The van der Waals surface area contributed by atoms with Crippen molar-refractivity contribution in [3.8, 4) is 0 Å². The van der Waals surface area contributed by atoms with E-state index >= 15 is 0 Å². The number of aliphatic carboxylic acids is 1. The Labute approximate surface area is 281 Å². The average Bonchev–Trinajstić information content (AvgIpc) is 3.03. The Hall–Kier alpha value is -1.38. The number of Topliss-reactive ketones (excluding diaryl/α,β-unsaturated/α-hetero) is 1. The van der Waals surface area contributed by atoms with Crippen molar-refractivity contribution in [1.29, 1.82) is 0 Å². The Morgan fingerprint density at radius 3 is 1.04 bits per heavy atom. The molecule has 0 saturated carbocycles. The van der Waals surface area contributed by atoms with Crippen LogP contribution in [-0.4, -0.2) is 16.9 Å². The Bertz CT molecular complexity index is 679. The van der Waals surface area contributed by atoms with Crippen molar-refractivity contribution in [1.82, 2.24) is 0 Å². The fraction of sp³-hybridized carbons (Fsp3) is 0.857. The number of ketones is 1. The average molecular weight is 631 g/mol. The van der Waals surface area contributed by atoms with Gasteiger partial charge in [0.2, 0.25) is 0 Å². The monoisotopic (exact) mass is 631 g/mol. The summed E-state index contributed by atoms with van der Waals surface area (Å²) >= 11 is 0. The van der Waals surface area contributed by atoms with Gasteiger partial charge >= 0.3 is 5.97 Å². The number of hydrogen-bond acceptors (Lipinski definition) is 2. The van der Waals surface area contributed by atoms with Crippen LogP contribution in [-0.2, 0) is 9.59 Å². The van der Waals surface area contributed by atoms with Crippen LogP contribution >= 0.6 is 0 Å². The van der Waals surface area contributed by atoms with Gasteiger partial charge in [0.25, 0.3) is 0 Å². The van der Waals surface area contributed by atoms with E-state index in [0.29, 0.717) is 12.8 Å². The zero-order chi connectivity index (χ0) is 32.9. The number of unbranched alkanes of at least 4 members (excludes halogenated alkanes) is 27. The molecule has 0 aliphatic rings. The summed E-state index contributed by atoms with van der Waals surface area (Å²) in [5.74, 6) is -1.74. The highest BCUT2D eigenvalue weighted by molar-refractivity contribution is 5.98. The Morgan fingerprint density at radius 1 is 0.422 bits per heavy atom. The quantitative estimate of drug-likeness (QED) is 0.0422. The van der Waals surface area contributed by atoms with Gasteiger partial charge in [0.05, 0.1) is 0 Å². The summed E-state index contributed by atoms with van der Waals surface area (Å²) in [6, 6.07) is 0. The summed E-state index contributed by atoms with van der Waals surface area (Å²) in [7, 11) is 0. The van der Waals surface area contributed by atoms with E-state index in [2.05, 4.69) is 38.2 Å². The minimum Gasteiger partial charge on any atom is -0.481 e. The fourth-order valence-corrected chi connectivity index (χ4v) is 6.27. The first-order valence-corrected chi connectivity index (χ1v) is 20.2. The molecule has 0 aromatic heterocycles. The molecule has 3 heteroatoms. The lowest BCUT2D eigenvalue weighted by Crippen LogP contribution is -2.23. The van der Waals surface area contributed by atoms with Gasteiger partial charge in [-0.1, -0.05) is 179 Å². The fourth-order valence-electron chi connectivity index (χ4n) is 6.27. The topological polar surface area (TPSA) is 54.4 Å². The van der Waals surface area contributed by atoms with Gasteiger partial charge in [0.15, 0.2) is 0 Å². The normalized spacial score (nSPS) is 12.5. The van der Waals surface area contributed by atoms with Gasteiger partial charge in [0, 0.05) is 6.42 Å². The molecule has 45 heavy (non-hydrogen) atoms. The van der Waals surface area contributed by atoms with Crippen LogP contribution in [0.2, 0.25) is 0 Å². The molecule has 0 spiro atoms. The van der Waals surface area contributed by atoms with Crippen LogP contribution in [0.15, 0.2) is 24.3 Å². The van der Waals surface area contributed by atoms with Crippen molar-refractivity contribution in [2.24, 2.45) is 5.92 Å². The predicted octanol–water partition coefficient (Wildman–Crippen LogP) is 14.3. The van der Waals surface area contributed by atoms with Crippen LogP contribution in [0.5, 0.6) is 0 Å². The molecule has 0 heterocycles. The number of carbonyl (C=O) groups is 2. The van der Waals surface area contributed by atoms with Gasteiger partial charge in [-0.25, -0.2) is 0 Å². The van der Waals surface area contributed by atoms with Crippen molar-refractivity contribution < 1.29 is 14.7 Å². The molecule has 1 unspecified atom stereocenters. The smallest absolute Gasteiger partial charge is 0.314 e. The summed E-state index contributed by atoms with van der Waals surface area (Å²) in [6.45, 7) is 4.54. The Balaban J connectivity index is 3.56. The molecule has 0 radical (unpaired) electrons. The maximum absolute atomic E-state index is 12.6. The number of carbonyl (C=O) groups excluding carboxylic acids is 1. The van der Waals surface area contributed by atoms with Crippen LogP contribution in [0.1, 0.15) is 226 Å². The standard InChI is InChI=1S/C42H78O3/c1-3-5-7-9-11-13-15-17-19-21-23-24-26-28-30-32-34-36-38-40(42(44)45)41(43)39-37-35-33-31-29-27-25-22-20-18-16-14-12-10-8-6-4-2/h17-20,40H,3-16,21-39H2,1-2H3,(H,44,45). The molecule has 264 valence electrons. The second-order valence-electron chi connectivity index (χ2n) is 13.8. The first-order valence-electron chi connectivity index (χ1n) is 20.2. The third-order valence-corrected chi connectivity index (χ3v) is 9.38. The lowest BCUT2D eigenvalue weighted by molar-refractivity contribution is -0.146. The first kappa shape index (κ1) is 43.6. The van der Waals surface area contributed by atoms with Crippen molar-refractivity contribution in [3.05, 3.63) is 24.3 Å². The largest absolute Gasteiger partial charge is 0.481 e. The van der Waals surface area contributed by atoms with Gasteiger partial charge in [-0.05, 0) is 64.2 Å². The van der Waals surface area contributed by atoms with Gasteiger partial charge in [0.1, 0.15) is 11.7 Å². The van der Waals surface area contributed by atoms with Crippen molar-refractivity contribution in [2.45, 2.75) is 226 Å². The molecule has 0 aliphatic heterocycles. The molecule has 0 bridgehead atoms. The third-order valence-electron chi connectivity index (χ3n) is 9.38. The summed E-state index contributed by atoms with van der Waals surface area (Å²) < 4.78 is 0. The van der Waals surface area contributed by atoms with Crippen molar-refractivity contribution in [3.63, 3.8) is 0 Å². The molecule has 0 aromatic rings. The van der Waals surface area contributed by atoms with Gasteiger partial charge < -0.3 is 5.11 Å². The Morgan fingerprint density at radius 2 is 0.711 bits per heavy atom. The Kier molecular flexibility index (Phi) is 35.9. The molecule has 0 fully saturated rings. The lowest BCUT2D eigenvalue weighted by Gasteiger charge is -2.11. The van der Waals surface area contributed by atoms with Crippen LogP contribution in [0.25, 0.3) is 0 Å². The molecule has 0 aliphatic carbocycles. The van der Waals surface area contributed by atoms with E-state index in [0.717, 1.165) is 38.5 Å². The summed E-state index contributed by atoms with van der Waals surface area (Å²) in [6.07, 6.45) is 49.5. The molecule has 1 atom stereocenters. The maximum Gasteiger partial charge on any atom is 0.314 e. The number of allylic oxidation sites excluding steroid dienone is 4. The van der Waals surface area contributed by atoms with Gasteiger partial charge in [-0.15, -0.1) is 0 Å². The highest BCUT2D eigenvalue weighted by atomic mass is 16.4. The van der Waals surface area contributed by atoms with E-state index in [9.17, 15) is 14.7 Å². The first-order chi connectivity index (χ1) is 22.1. The number of carboxylic acid groups (broad SMARTS) is 1. The SMILES string of the molecule is CCCCCCCCC=CCCCCCCCCCCC(C(=O)O)C(=O)CCCCCCCCCC=CCCCCCCCC. The summed E-state index contributed by atoms with van der Waals surface area (Å²) in [5.41, 5.74) is 0. The minimum atomic E-state index is -0.915. The number of hydrogen-bond donors (Lipinski definition) is 1. The maximum atomic E-state index is 12.6. The summed E-state index contributed by atoms with van der Waals surface area (Å²) in [5, 5.41) is 9.60. The number of carboxylic acids is 1. The minimum absolute atomic E-state index is 0.0451. The lowest BCUT2D eigenvalue weighted by atomic mass is 9.93. The van der Waals surface area contributed by atoms with Crippen LogP contribution < -0.4 is 0 Å². The van der Waals surface area contributed by atoms with E-state index in [1.807, 2.05) is 0 Å². The van der Waals surface area contributed by atoms with Crippen molar-refractivity contribution in [2.75, 3.05) is 0 Å². The van der Waals surface area contributed by atoms with Crippen LogP contribution in [0.3, 0.4) is 0 Å². The van der Waals surface area contributed by atoms with E-state index in [-0.39, 0.29) is 5.78 Å². The molecule has 0 rings (SSSR count). The molecular weight excluding hydrogens is 552 g/mol.